The zero-order valence-corrected chi connectivity index (χ0v) is 13.3. The molecule has 2 aromatic heterocycles. The molecule has 0 bridgehead atoms. The SMILES string of the molecule is COC1(c2ccccc2)CCN(c2ccc3cc[nH]c3n2)CC1. The number of rotatable bonds is 3. The van der Waals surface area contributed by atoms with Gasteiger partial charge >= 0.3 is 0 Å². The number of nitrogens with one attached hydrogen (secondary N) is 1. The number of nitrogens with zero attached hydrogens (tertiary/aromatic N) is 2. The Morgan fingerprint density at radius 3 is 2.57 bits per heavy atom. The fraction of sp³-hybridized carbons (Fsp3) is 0.316. The Morgan fingerprint density at radius 2 is 1.83 bits per heavy atom. The van der Waals surface area contributed by atoms with Gasteiger partial charge in [0.1, 0.15) is 11.5 Å². The van der Waals surface area contributed by atoms with E-state index in [1.807, 2.05) is 19.4 Å². The predicted octanol–water partition coefficient (Wildman–Crippen LogP) is 3.71. The Hall–Kier alpha value is -2.33. The topological polar surface area (TPSA) is 41.1 Å². The Morgan fingerprint density at radius 1 is 1.04 bits per heavy atom. The first-order valence-corrected chi connectivity index (χ1v) is 8.10. The molecule has 0 atom stereocenters. The van der Waals surface area contributed by atoms with Gasteiger partial charge in [-0.2, -0.15) is 0 Å². The molecule has 1 saturated heterocycles. The van der Waals surface area contributed by atoms with Crippen molar-refractivity contribution in [2.24, 2.45) is 0 Å². The molecule has 4 heteroatoms. The molecule has 0 spiro atoms. The minimum absolute atomic E-state index is 0.172. The van der Waals surface area contributed by atoms with Gasteiger partial charge in [-0.25, -0.2) is 4.98 Å². The number of ether oxygens (including phenoxy) is 1. The fourth-order valence-corrected chi connectivity index (χ4v) is 3.55. The van der Waals surface area contributed by atoms with Crippen molar-refractivity contribution in [3.63, 3.8) is 0 Å². The number of fused-ring (bicyclic) bond motifs is 1. The van der Waals surface area contributed by atoms with Gasteiger partial charge in [-0.15, -0.1) is 0 Å². The number of benzene rings is 1. The van der Waals surface area contributed by atoms with Crippen molar-refractivity contribution in [2.45, 2.75) is 18.4 Å². The van der Waals surface area contributed by atoms with E-state index in [1.54, 1.807) is 0 Å². The zero-order chi connectivity index (χ0) is 15.7. The van der Waals surface area contributed by atoms with Gasteiger partial charge in [0.15, 0.2) is 0 Å². The standard InChI is InChI=1S/C19H21N3O/c1-23-19(16-5-3-2-4-6-16)10-13-22(14-11-19)17-8-7-15-9-12-20-18(15)21-17/h2-9,12H,10-11,13-14H2,1H3,(H,20,21). The summed E-state index contributed by atoms with van der Waals surface area (Å²) in [4.78, 5) is 10.3. The minimum Gasteiger partial charge on any atom is -0.373 e. The van der Waals surface area contributed by atoms with Crippen LogP contribution in [-0.2, 0) is 10.3 Å². The molecule has 1 aliphatic heterocycles. The Balaban J connectivity index is 1.56. The highest BCUT2D eigenvalue weighted by atomic mass is 16.5. The van der Waals surface area contributed by atoms with Gasteiger partial charge in [0.05, 0.1) is 5.60 Å². The van der Waals surface area contributed by atoms with Gasteiger partial charge in [-0.05, 0) is 36.6 Å². The summed E-state index contributed by atoms with van der Waals surface area (Å²) in [6.07, 6.45) is 3.87. The molecule has 3 aromatic rings. The molecule has 1 aromatic carbocycles. The quantitative estimate of drug-likeness (QED) is 0.802. The normalized spacial score (nSPS) is 17.5. The monoisotopic (exact) mass is 307 g/mol. The molecule has 23 heavy (non-hydrogen) atoms. The predicted molar refractivity (Wildman–Crippen MR) is 92.7 cm³/mol. The van der Waals surface area contributed by atoms with E-state index in [1.165, 1.54) is 5.56 Å². The van der Waals surface area contributed by atoms with Crippen LogP contribution in [0.3, 0.4) is 0 Å². The average Bonchev–Trinajstić information content (AvgIpc) is 3.10. The summed E-state index contributed by atoms with van der Waals surface area (Å²) >= 11 is 0. The van der Waals surface area contributed by atoms with Crippen LogP contribution >= 0.6 is 0 Å². The third kappa shape index (κ3) is 2.49. The van der Waals surface area contributed by atoms with Crippen molar-refractivity contribution < 1.29 is 4.74 Å². The van der Waals surface area contributed by atoms with Crippen LogP contribution in [0.1, 0.15) is 18.4 Å². The summed E-state index contributed by atoms with van der Waals surface area (Å²) < 4.78 is 5.95. The van der Waals surface area contributed by atoms with Gasteiger partial charge < -0.3 is 14.6 Å². The summed E-state index contributed by atoms with van der Waals surface area (Å²) in [5.74, 6) is 1.04. The largest absolute Gasteiger partial charge is 0.373 e. The molecule has 0 amide bonds. The van der Waals surface area contributed by atoms with E-state index in [0.29, 0.717) is 0 Å². The smallest absolute Gasteiger partial charge is 0.139 e. The molecule has 3 heterocycles. The van der Waals surface area contributed by atoms with Crippen molar-refractivity contribution in [3.05, 3.63) is 60.3 Å². The molecule has 1 fully saturated rings. The number of aromatic amines is 1. The zero-order valence-electron chi connectivity index (χ0n) is 13.3. The van der Waals surface area contributed by atoms with Gasteiger partial charge in [-0.1, -0.05) is 30.3 Å². The van der Waals surface area contributed by atoms with Gasteiger partial charge in [0.25, 0.3) is 0 Å². The molecular formula is C19H21N3O. The van der Waals surface area contributed by atoms with E-state index in [4.69, 9.17) is 9.72 Å². The molecule has 118 valence electrons. The lowest BCUT2D eigenvalue weighted by atomic mass is 9.84. The summed E-state index contributed by atoms with van der Waals surface area (Å²) in [7, 11) is 1.83. The van der Waals surface area contributed by atoms with Crippen LogP contribution in [0.4, 0.5) is 5.82 Å². The summed E-state index contributed by atoms with van der Waals surface area (Å²) in [5, 5.41) is 1.15. The maximum absolute atomic E-state index is 5.95. The third-order valence-electron chi connectivity index (χ3n) is 4.98. The number of anilines is 1. The molecule has 1 aliphatic rings. The number of hydrogen-bond acceptors (Lipinski definition) is 3. The second-order valence-corrected chi connectivity index (χ2v) is 6.14. The molecule has 0 aliphatic carbocycles. The highest BCUT2D eigenvalue weighted by molar-refractivity contribution is 5.77. The average molecular weight is 307 g/mol. The lowest BCUT2D eigenvalue weighted by Crippen LogP contribution is -2.44. The highest BCUT2D eigenvalue weighted by Gasteiger charge is 2.36. The molecule has 1 N–H and O–H groups in total. The van der Waals surface area contributed by atoms with Gasteiger partial charge in [0, 0.05) is 31.8 Å². The first-order chi connectivity index (χ1) is 11.3. The number of pyridine rings is 1. The summed E-state index contributed by atoms with van der Waals surface area (Å²) in [5.41, 5.74) is 2.05. The van der Waals surface area contributed by atoms with Gasteiger partial charge in [-0.3, -0.25) is 0 Å². The molecular weight excluding hydrogens is 286 g/mol. The van der Waals surface area contributed by atoms with Crippen molar-refractivity contribution in [3.8, 4) is 0 Å². The van der Waals surface area contributed by atoms with Crippen LogP contribution in [0.2, 0.25) is 0 Å². The van der Waals surface area contributed by atoms with Crippen molar-refractivity contribution in [2.75, 3.05) is 25.1 Å². The van der Waals surface area contributed by atoms with E-state index in [-0.39, 0.29) is 5.60 Å². The van der Waals surface area contributed by atoms with Crippen molar-refractivity contribution >= 4 is 16.9 Å². The van der Waals surface area contributed by atoms with Crippen molar-refractivity contribution in [1.82, 2.24) is 9.97 Å². The number of aromatic nitrogens is 2. The van der Waals surface area contributed by atoms with Crippen LogP contribution in [0.5, 0.6) is 0 Å². The Kier molecular flexibility index (Phi) is 3.54. The van der Waals surface area contributed by atoms with Crippen LogP contribution in [0, 0.1) is 0 Å². The second-order valence-electron chi connectivity index (χ2n) is 6.14. The van der Waals surface area contributed by atoms with E-state index < -0.39 is 0 Å². The third-order valence-corrected chi connectivity index (χ3v) is 4.98. The van der Waals surface area contributed by atoms with E-state index in [9.17, 15) is 0 Å². The number of methoxy groups -OCH3 is 1. The fourth-order valence-electron chi connectivity index (χ4n) is 3.55. The number of H-pyrrole nitrogens is 1. The lowest BCUT2D eigenvalue weighted by Gasteiger charge is -2.41. The van der Waals surface area contributed by atoms with Crippen molar-refractivity contribution in [1.29, 1.82) is 0 Å². The first-order valence-electron chi connectivity index (χ1n) is 8.10. The number of piperidine rings is 1. The van der Waals surface area contributed by atoms with Crippen LogP contribution in [0.25, 0.3) is 11.0 Å². The maximum atomic E-state index is 5.95. The Labute approximate surface area is 136 Å². The van der Waals surface area contributed by atoms with E-state index >= 15 is 0 Å². The van der Waals surface area contributed by atoms with Crippen LogP contribution in [-0.4, -0.2) is 30.2 Å². The first kappa shape index (κ1) is 14.3. The number of hydrogen-bond donors (Lipinski definition) is 1. The molecule has 4 rings (SSSR count). The molecule has 0 saturated carbocycles. The maximum Gasteiger partial charge on any atom is 0.139 e. The van der Waals surface area contributed by atoms with Crippen LogP contribution < -0.4 is 4.90 Å². The summed E-state index contributed by atoms with van der Waals surface area (Å²) in [6.45, 7) is 1.89. The second kappa shape index (κ2) is 5.70. The van der Waals surface area contributed by atoms with Gasteiger partial charge in [0.2, 0.25) is 0 Å². The molecule has 4 nitrogen and oxygen atoms in total. The minimum atomic E-state index is -0.172. The van der Waals surface area contributed by atoms with E-state index in [0.717, 1.165) is 42.8 Å². The van der Waals surface area contributed by atoms with Crippen LogP contribution in [0.15, 0.2) is 54.7 Å². The lowest BCUT2D eigenvalue weighted by molar-refractivity contribution is -0.0347. The Bertz CT molecular complexity index is 788. The molecule has 0 radical (unpaired) electrons. The summed E-state index contributed by atoms with van der Waals surface area (Å²) in [6, 6.07) is 16.9. The highest BCUT2D eigenvalue weighted by Crippen LogP contribution is 2.37. The van der Waals surface area contributed by atoms with E-state index in [2.05, 4.69) is 52.3 Å². The molecule has 0 unspecified atom stereocenters.